The molecule has 2 fully saturated rings. The molecule has 0 saturated carbocycles. The van der Waals surface area contributed by atoms with E-state index < -0.39 is 9.84 Å². The lowest BCUT2D eigenvalue weighted by Gasteiger charge is -2.43. The maximum Gasteiger partial charge on any atom is 0.230 e. The minimum atomic E-state index is -3.04. The Labute approximate surface area is 160 Å². The van der Waals surface area contributed by atoms with Crippen molar-refractivity contribution in [1.29, 1.82) is 0 Å². The van der Waals surface area contributed by atoms with Crippen LogP contribution >= 0.6 is 0 Å². The molecule has 0 spiro atoms. The first-order valence-electron chi connectivity index (χ1n) is 9.46. The SMILES string of the molecule is CC(C)c1nnc(CN2CCN(Cc3ccccc3)[C@@H]3CS(=O)(=O)C[C@@H]32)o1. The molecule has 146 valence electrons. The predicted molar refractivity (Wildman–Crippen MR) is 102 cm³/mol. The zero-order chi connectivity index (χ0) is 19.0. The standard InChI is InChI=1S/C19H26N4O3S/c1-14(2)19-21-20-18(26-19)11-23-9-8-22(10-15-6-4-3-5-7-15)16-12-27(24,25)13-17(16)23/h3-7,14,16-17H,8-13H2,1-2H3/t16-,17+/m1/s1. The molecule has 0 unspecified atom stereocenters. The molecule has 2 aromatic rings. The number of hydrogen-bond donors (Lipinski definition) is 0. The zero-order valence-electron chi connectivity index (χ0n) is 15.8. The van der Waals surface area contributed by atoms with Crippen molar-refractivity contribution in [2.45, 2.75) is 44.9 Å². The van der Waals surface area contributed by atoms with Gasteiger partial charge in [-0.25, -0.2) is 8.42 Å². The number of fused-ring (bicyclic) bond motifs is 1. The average molecular weight is 391 g/mol. The summed E-state index contributed by atoms with van der Waals surface area (Å²) in [6, 6.07) is 10.2. The summed E-state index contributed by atoms with van der Waals surface area (Å²) in [5.74, 6) is 1.81. The van der Waals surface area contributed by atoms with Gasteiger partial charge in [0.1, 0.15) is 0 Å². The fourth-order valence-electron chi connectivity index (χ4n) is 4.04. The molecule has 0 N–H and O–H groups in total. The Morgan fingerprint density at radius 2 is 1.67 bits per heavy atom. The third-order valence-electron chi connectivity index (χ3n) is 5.45. The van der Waals surface area contributed by atoms with E-state index >= 15 is 0 Å². The van der Waals surface area contributed by atoms with Gasteiger partial charge in [-0.15, -0.1) is 10.2 Å². The van der Waals surface area contributed by atoms with Crippen molar-refractivity contribution >= 4 is 9.84 Å². The molecule has 2 aliphatic rings. The van der Waals surface area contributed by atoms with Gasteiger partial charge in [0, 0.05) is 37.6 Å². The van der Waals surface area contributed by atoms with Crippen LogP contribution in [0.1, 0.15) is 37.1 Å². The van der Waals surface area contributed by atoms with Gasteiger partial charge in [0.15, 0.2) is 9.84 Å². The molecule has 2 saturated heterocycles. The molecule has 0 aliphatic carbocycles. The average Bonchev–Trinajstić information content (AvgIpc) is 3.22. The number of benzene rings is 1. The molecule has 2 aliphatic heterocycles. The Morgan fingerprint density at radius 1 is 1.04 bits per heavy atom. The maximum atomic E-state index is 12.4. The van der Waals surface area contributed by atoms with Crippen molar-refractivity contribution in [2.24, 2.45) is 0 Å². The summed E-state index contributed by atoms with van der Waals surface area (Å²) in [6.07, 6.45) is 0. The smallest absolute Gasteiger partial charge is 0.230 e. The Morgan fingerprint density at radius 3 is 2.26 bits per heavy atom. The highest BCUT2D eigenvalue weighted by Gasteiger charge is 2.46. The predicted octanol–water partition coefficient (Wildman–Crippen LogP) is 1.68. The third-order valence-corrected chi connectivity index (χ3v) is 7.15. The Hall–Kier alpha value is -1.77. The number of nitrogens with zero attached hydrogens (tertiary/aromatic N) is 4. The fraction of sp³-hybridized carbons (Fsp3) is 0.579. The lowest BCUT2D eigenvalue weighted by Crippen LogP contribution is -2.58. The highest BCUT2D eigenvalue weighted by molar-refractivity contribution is 7.91. The number of sulfone groups is 1. The topological polar surface area (TPSA) is 79.5 Å². The van der Waals surface area contributed by atoms with Crippen molar-refractivity contribution in [3.8, 4) is 0 Å². The summed E-state index contributed by atoms with van der Waals surface area (Å²) in [5.41, 5.74) is 1.22. The van der Waals surface area contributed by atoms with Crippen molar-refractivity contribution in [3.05, 3.63) is 47.7 Å². The highest BCUT2D eigenvalue weighted by atomic mass is 32.2. The summed E-state index contributed by atoms with van der Waals surface area (Å²) >= 11 is 0. The van der Waals surface area contributed by atoms with Gasteiger partial charge in [-0.1, -0.05) is 44.2 Å². The van der Waals surface area contributed by atoms with Crippen LogP contribution in [0.5, 0.6) is 0 Å². The minimum Gasteiger partial charge on any atom is -0.424 e. The minimum absolute atomic E-state index is 0.0106. The van der Waals surface area contributed by atoms with E-state index in [0.29, 0.717) is 18.3 Å². The van der Waals surface area contributed by atoms with E-state index in [4.69, 9.17) is 4.42 Å². The second-order valence-corrected chi connectivity index (χ2v) is 9.98. The second-order valence-electron chi connectivity index (χ2n) is 7.83. The lowest BCUT2D eigenvalue weighted by atomic mass is 10.0. The van der Waals surface area contributed by atoms with E-state index in [9.17, 15) is 8.42 Å². The molecule has 1 aromatic carbocycles. The number of rotatable bonds is 5. The molecule has 0 amide bonds. The molecule has 3 heterocycles. The molecule has 27 heavy (non-hydrogen) atoms. The van der Waals surface area contributed by atoms with Gasteiger partial charge in [0.2, 0.25) is 11.8 Å². The maximum absolute atomic E-state index is 12.4. The monoisotopic (exact) mass is 390 g/mol. The van der Waals surface area contributed by atoms with Crippen LogP contribution in [0.25, 0.3) is 0 Å². The van der Waals surface area contributed by atoms with Crippen molar-refractivity contribution in [3.63, 3.8) is 0 Å². The van der Waals surface area contributed by atoms with E-state index in [1.807, 2.05) is 32.0 Å². The zero-order valence-corrected chi connectivity index (χ0v) is 16.6. The second kappa shape index (κ2) is 7.33. The summed E-state index contributed by atoms with van der Waals surface area (Å²) < 4.78 is 30.5. The molecular weight excluding hydrogens is 364 g/mol. The fourth-order valence-corrected chi connectivity index (χ4v) is 6.09. The van der Waals surface area contributed by atoms with E-state index in [0.717, 1.165) is 19.6 Å². The van der Waals surface area contributed by atoms with Crippen LogP contribution in [0, 0.1) is 0 Å². The van der Waals surface area contributed by atoms with Gasteiger partial charge in [0.25, 0.3) is 0 Å². The van der Waals surface area contributed by atoms with Crippen molar-refractivity contribution in [2.75, 3.05) is 24.6 Å². The van der Waals surface area contributed by atoms with E-state index in [1.54, 1.807) is 0 Å². The molecule has 1 aromatic heterocycles. The molecule has 0 bridgehead atoms. The first-order valence-corrected chi connectivity index (χ1v) is 11.3. The summed E-state index contributed by atoms with van der Waals surface area (Å²) in [6.45, 7) is 6.94. The first kappa shape index (κ1) is 18.6. The number of aromatic nitrogens is 2. The largest absolute Gasteiger partial charge is 0.424 e. The van der Waals surface area contributed by atoms with Crippen LogP contribution in [0.15, 0.2) is 34.7 Å². The van der Waals surface area contributed by atoms with Gasteiger partial charge in [-0.2, -0.15) is 0 Å². The van der Waals surface area contributed by atoms with Gasteiger partial charge in [-0.05, 0) is 5.56 Å². The van der Waals surface area contributed by atoms with Gasteiger partial charge in [0.05, 0.1) is 18.1 Å². The van der Waals surface area contributed by atoms with Crippen LogP contribution in [0.3, 0.4) is 0 Å². The lowest BCUT2D eigenvalue weighted by molar-refractivity contribution is 0.0304. The van der Waals surface area contributed by atoms with Crippen LogP contribution in [0.4, 0.5) is 0 Å². The van der Waals surface area contributed by atoms with Gasteiger partial charge >= 0.3 is 0 Å². The van der Waals surface area contributed by atoms with Gasteiger partial charge in [-0.3, -0.25) is 9.80 Å². The molecule has 4 rings (SSSR count). The molecule has 0 radical (unpaired) electrons. The molecule has 7 nitrogen and oxygen atoms in total. The Bertz CT molecular complexity index is 881. The van der Waals surface area contributed by atoms with Gasteiger partial charge < -0.3 is 4.42 Å². The molecule has 2 atom stereocenters. The summed E-state index contributed by atoms with van der Waals surface area (Å²) in [5, 5.41) is 8.24. The normalized spacial score (nSPS) is 25.7. The van der Waals surface area contributed by atoms with E-state index in [2.05, 4.69) is 32.1 Å². The van der Waals surface area contributed by atoms with Crippen LogP contribution < -0.4 is 0 Å². The van der Waals surface area contributed by atoms with Crippen LogP contribution in [0.2, 0.25) is 0 Å². The van der Waals surface area contributed by atoms with Crippen molar-refractivity contribution in [1.82, 2.24) is 20.0 Å². The highest BCUT2D eigenvalue weighted by Crippen LogP contribution is 2.29. The first-order chi connectivity index (χ1) is 12.9. The third kappa shape index (κ3) is 4.07. The Kier molecular flexibility index (Phi) is 5.05. The summed E-state index contributed by atoms with van der Waals surface area (Å²) in [4.78, 5) is 4.52. The molecule has 8 heteroatoms. The summed E-state index contributed by atoms with van der Waals surface area (Å²) in [7, 11) is -3.04. The van der Waals surface area contributed by atoms with E-state index in [-0.39, 0.29) is 29.5 Å². The quantitative estimate of drug-likeness (QED) is 0.768. The van der Waals surface area contributed by atoms with Crippen LogP contribution in [-0.2, 0) is 22.9 Å². The van der Waals surface area contributed by atoms with E-state index in [1.165, 1.54) is 5.56 Å². The van der Waals surface area contributed by atoms with Crippen molar-refractivity contribution < 1.29 is 12.8 Å². The Balaban J connectivity index is 1.51. The number of piperazine rings is 1. The number of hydrogen-bond acceptors (Lipinski definition) is 7. The molecular formula is C19H26N4O3S. The van der Waals surface area contributed by atoms with Crippen LogP contribution in [-0.4, -0.2) is 65.1 Å².